The van der Waals surface area contributed by atoms with Crippen LogP contribution in [0.5, 0.6) is 5.75 Å². The Morgan fingerprint density at radius 1 is 0.476 bits per heavy atom. The highest BCUT2D eigenvalue weighted by Crippen LogP contribution is 2.39. The van der Waals surface area contributed by atoms with E-state index in [9.17, 15) is 96.9 Å². The molecule has 9 rings (SSSR count). The normalized spacial score (nSPS) is 46.5. The monoisotopic (exact) mass is 1230 g/mol. The van der Waals surface area contributed by atoms with E-state index >= 15 is 0 Å². The number of non-ortho nitro benzene ring substituents is 1. The molecule has 474 valence electrons. The van der Waals surface area contributed by atoms with E-state index in [1.807, 2.05) is 0 Å². The van der Waals surface area contributed by atoms with Gasteiger partial charge in [0.05, 0.1) is 49.6 Å². The number of nitrogens with zero attached hydrogens (tertiary/aromatic N) is 1. The van der Waals surface area contributed by atoms with Crippen LogP contribution < -0.4 is 4.74 Å². The molecule has 0 aliphatic carbocycles. The fourth-order valence-electron chi connectivity index (χ4n) is 10.6. The average Bonchev–Trinajstić information content (AvgIpc) is 3.63. The van der Waals surface area contributed by atoms with E-state index in [2.05, 4.69) is 0 Å². The van der Waals surface area contributed by atoms with E-state index in [0.29, 0.717) is 5.56 Å². The summed E-state index contributed by atoms with van der Waals surface area (Å²) in [4.78, 5) is 10.4. The third kappa shape index (κ3) is 13.5. The van der Waals surface area contributed by atoms with Crippen LogP contribution in [0.1, 0.15) is 11.9 Å². The van der Waals surface area contributed by atoms with Gasteiger partial charge >= 0.3 is 0 Å². The largest absolute Gasteiger partial charge is 0.460 e. The second-order valence-electron chi connectivity index (χ2n) is 20.8. The van der Waals surface area contributed by atoms with E-state index in [-0.39, 0.29) is 17.4 Å². The van der Waals surface area contributed by atoms with Crippen LogP contribution in [0.4, 0.5) is 5.69 Å². The van der Waals surface area contributed by atoms with Crippen molar-refractivity contribution in [2.45, 2.75) is 191 Å². The molecule has 0 radical (unpaired) electrons. The van der Waals surface area contributed by atoms with Crippen LogP contribution in [0.2, 0.25) is 5.02 Å². The Balaban J connectivity index is 0.774. The number of nitro groups is 1. The van der Waals surface area contributed by atoms with Crippen LogP contribution >= 0.6 is 11.6 Å². The van der Waals surface area contributed by atoms with E-state index < -0.39 is 234 Å². The number of halogens is 1. The molecule has 2 aromatic carbocycles. The van der Waals surface area contributed by atoms with Gasteiger partial charge in [-0.3, -0.25) is 10.1 Å². The Hall–Kier alpha value is -3.27. The van der Waals surface area contributed by atoms with Crippen LogP contribution in [0.15, 0.2) is 48.5 Å². The number of aliphatic hydroxyl groups excluding tert-OH is 17. The van der Waals surface area contributed by atoms with Gasteiger partial charge in [0, 0.05) is 17.7 Å². The summed E-state index contributed by atoms with van der Waals surface area (Å²) in [6.45, 7) is -4.84. The minimum Gasteiger partial charge on any atom is -0.460 e. The summed E-state index contributed by atoms with van der Waals surface area (Å²) in [6, 6.07) is 11.8. The van der Waals surface area contributed by atoms with Crippen molar-refractivity contribution >= 4 is 17.3 Å². The Morgan fingerprint density at radius 3 is 1.37 bits per heavy atom. The third-order valence-electron chi connectivity index (χ3n) is 15.3. The zero-order valence-corrected chi connectivity index (χ0v) is 44.5. The molecule has 1 unspecified atom stereocenters. The number of rotatable bonds is 19. The van der Waals surface area contributed by atoms with E-state index in [1.165, 1.54) is 0 Å². The Kier molecular flexibility index (Phi) is 21.8. The molecule has 31 atom stereocenters. The Morgan fingerprint density at radius 2 is 0.893 bits per heavy atom. The van der Waals surface area contributed by atoms with Crippen LogP contribution in [0, 0.1) is 10.1 Å². The Bertz CT molecular complexity index is 2420. The zero-order valence-electron chi connectivity index (χ0n) is 43.7. The number of fused-ring (bicyclic) bond motifs is 1. The van der Waals surface area contributed by atoms with Crippen LogP contribution in [-0.4, -0.2) is 316 Å². The first-order chi connectivity index (χ1) is 40.1. The molecule has 0 aromatic heterocycles. The van der Waals surface area contributed by atoms with Gasteiger partial charge in [0.1, 0.15) is 152 Å². The minimum absolute atomic E-state index is 0.124. The van der Waals surface area contributed by atoms with Gasteiger partial charge < -0.3 is 153 Å². The SMILES string of the molecule is O=[N+]([O-])c1ccc(O[C@H]2O[C@H](CO)[C@@H](O[C@H]3O[C@H](CO)[C@@H](O[C@H]4O[C@H](CO[C@H]5O[C@H](CO)[C@@H](O[C@H]6O[C@H](CO)[C@@H](O[C@H]7O[C@@H]8COC(c9ccccc9)O[C@H]8[C@H](O)[C@H]7O)[C@H](O)[C@H]6O)[C@H](O)[C@H]5O)[C@@H](O)[C@H](O)[C@H]4O)[C@H](O)[C@H]3O)[C@H](O)[C@H]2O)c(Cl)c1. The standard InChI is InChI=1S/C49H68ClNO33/c50-17-8-16(51(69)70)6-7-18(17)73-45-34(65)28(59)39(20(10-53)75-45)83-48-35(66)29(60)40(21(11-54)76-48)81-46-32(63)26(57)25(56)23(78-46)13-72-44-33(64)27(58)38(19(9-52)74-44)82-47-36(67)30(61)41(22(12-55)77-47)84-49-37(68)31(62)42-24(79-49)14-71-43(80-42)15-4-2-1-3-5-15/h1-8,19-49,52-68H,9-14H2/t19-,20-,21-,22-,23-,24-,25-,26+,27-,28-,29-,30-,31-,32-,33-,34-,35-,36-,37-,38-,39-,40-,41-,42-,43?,44+,45+,46-,47-,48-,49-/m1/s1. The summed E-state index contributed by atoms with van der Waals surface area (Å²) < 4.78 is 79.9. The van der Waals surface area contributed by atoms with Gasteiger partial charge in [0.2, 0.25) is 6.29 Å². The fourth-order valence-corrected chi connectivity index (χ4v) is 10.8. The van der Waals surface area contributed by atoms with Crippen molar-refractivity contribution in [3.63, 3.8) is 0 Å². The second kappa shape index (κ2) is 28.1. The molecule has 7 heterocycles. The van der Waals surface area contributed by atoms with E-state index in [0.717, 1.165) is 18.2 Å². The van der Waals surface area contributed by atoms with Gasteiger partial charge in [-0.05, 0) is 6.07 Å². The summed E-state index contributed by atoms with van der Waals surface area (Å²) in [6.07, 6.45) is -55.8. The lowest BCUT2D eigenvalue weighted by Gasteiger charge is -2.49. The highest BCUT2D eigenvalue weighted by atomic mass is 35.5. The van der Waals surface area contributed by atoms with Gasteiger partial charge in [-0.25, -0.2) is 0 Å². The summed E-state index contributed by atoms with van der Waals surface area (Å²) in [7, 11) is 0. The van der Waals surface area contributed by atoms with Gasteiger partial charge in [-0.15, -0.1) is 0 Å². The maximum Gasteiger partial charge on any atom is 0.271 e. The van der Waals surface area contributed by atoms with Crippen molar-refractivity contribution in [2.75, 3.05) is 39.6 Å². The highest BCUT2D eigenvalue weighted by Gasteiger charge is 2.57. The van der Waals surface area contributed by atoms with Crippen molar-refractivity contribution in [2.24, 2.45) is 0 Å². The van der Waals surface area contributed by atoms with Gasteiger partial charge in [-0.1, -0.05) is 41.9 Å². The van der Waals surface area contributed by atoms with Crippen molar-refractivity contribution in [1.82, 2.24) is 0 Å². The van der Waals surface area contributed by atoms with Crippen molar-refractivity contribution < 1.29 is 158 Å². The summed E-state index contributed by atoms with van der Waals surface area (Å²) in [5, 5.41) is 196. The first kappa shape index (κ1) is 65.2. The predicted molar refractivity (Wildman–Crippen MR) is 263 cm³/mol. The van der Waals surface area contributed by atoms with Gasteiger partial charge in [-0.2, -0.15) is 0 Å². The van der Waals surface area contributed by atoms with Gasteiger partial charge in [0.15, 0.2) is 37.7 Å². The molecule has 0 amide bonds. The Labute approximate surface area is 479 Å². The quantitative estimate of drug-likeness (QED) is 0.0459. The van der Waals surface area contributed by atoms with Crippen molar-refractivity contribution in [3.05, 3.63) is 69.2 Å². The number of aliphatic hydroxyl groups is 17. The van der Waals surface area contributed by atoms with Crippen molar-refractivity contribution in [1.29, 1.82) is 0 Å². The molecule has 17 N–H and O–H groups in total. The predicted octanol–water partition coefficient (Wildman–Crippen LogP) is -8.69. The van der Waals surface area contributed by atoms with Crippen LogP contribution in [0.3, 0.4) is 0 Å². The van der Waals surface area contributed by atoms with Crippen LogP contribution in [0.25, 0.3) is 0 Å². The third-order valence-corrected chi connectivity index (χ3v) is 15.6. The first-order valence-electron chi connectivity index (χ1n) is 26.5. The smallest absolute Gasteiger partial charge is 0.271 e. The first-order valence-corrected chi connectivity index (χ1v) is 26.8. The number of hydrogen-bond donors (Lipinski definition) is 17. The molecule has 35 heteroatoms. The molecule has 0 bridgehead atoms. The molecule has 0 spiro atoms. The number of benzene rings is 2. The zero-order chi connectivity index (χ0) is 60.6. The summed E-state index contributed by atoms with van der Waals surface area (Å²) in [5.74, 6) is -0.218. The molecule has 34 nitrogen and oxygen atoms in total. The molecule has 2 aromatic rings. The maximum atomic E-state index is 11.3. The lowest BCUT2D eigenvalue weighted by molar-refractivity contribution is -0.394. The maximum absolute atomic E-state index is 11.3. The van der Waals surface area contributed by atoms with Gasteiger partial charge in [0.25, 0.3) is 5.69 Å². The fraction of sp³-hybridized carbons (Fsp3) is 0.755. The molecule has 0 saturated carbocycles. The molecule has 84 heavy (non-hydrogen) atoms. The topological polar surface area (TPSA) is 516 Å². The van der Waals surface area contributed by atoms with Crippen molar-refractivity contribution in [3.8, 4) is 5.75 Å². The second-order valence-corrected chi connectivity index (χ2v) is 21.2. The molecule has 7 aliphatic rings. The highest BCUT2D eigenvalue weighted by molar-refractivity contribution is 6.32. The summed E-state index contributed by atoms with van der Waals surface area (Å²) >= 11 is 6.09. The number of nitro benzene ring substituents is 1. The lowest BCUT2D eigenvalue weighted by Crippen LogP contribution is -2.67. The molecule has 7 aliphatic heterocycles. The lowest BCUT2D eigenvalue weighted by atomic mass is 9.95. The average molecular weight is 1230 g/mol. The van der Waals surface area contributed by atoms with Crippen LogP contribution in [-0.2, 0) is 61.6 Å². The molecule has 7 saturated heterocycles. The molecular weight excluding hydrogens is 1170 g/mol. The number of hydrogen-bond acceptors (Lipinski definition) is 33. The van der Waals surface area contributed by atoms with E-state index in [1.54, 1.807) is 30.3 Å². The summed E-state index contributed by atoms with van der Waals surface area (Å²) in [5.41, 5.74) is 0.245. The number of ether oxygens (including phenoxy) is 14. The molecule has 7 fully saturated rings. The molecular formula is C49H68ClNO33. The minimum atomic E-state index is -2.16. The van der Waals surface area contributed by atoms with E-state index in [4.69, 9.17) is 77.9 Å².